The number of aryl methyl sites for hydroxylation is 1. The zero-order valence-corrected chi connectivity index (χ0v) is 14.0. The van der Waals surface area contributed by atoms with E-state index < -0.39 is 0 Å². The van der Waals surface area contributed by atoms with E-state index in [1.807, 2.05) is 30.5 Å². The first-order valence-electron chi connectivity index (χ1n) is 6.09. The molecule has 3 aromatic rings. The van der Waals surface area contributed by atoms with Gasteiger partial charge in [-0.1, -0.05) is 46.9 Å². The number of thiophene rings is 1. The maximum absolute atomic E-state index is 6.32. The van der Waals surface area contributed by atoms with Gasteiger partial charge in [0.05, 0.1) is 10.4 Å². The molecule has 0 aliphatic carbocycles. The van der Waals surface area contributed by atoms with Crippen molar-refractivity contribution in [3.05, 3.63) is 56.6 Å². The first-order chi connectivity index (χ1) is 10.1. The number of hydrogen-bond acceptors (Lipinski definition) is 3. The summed E-state index contributed by atoms with van der Waals surface area (Å²) < 4.78 is 0. The summed E-state index contributed by atoms with van der Waals surface area (Å²) in [4.78, 5) is 9.73. The minimum atomic E-state index is 0.320. The molecule has 0 unspecified atom stereocenters. The molecular formula is C15H9Cl3N2S. The molecule has 106 valence electrons. The number of rotatable bonds is 2. The maximum atomic E-state index is 6.32. The molecule has 0 N–H and O–H groups in total. The summed E-state index contributed by atoms with van der Waals surface area (Å²) in [5.74, 6) is 0.545. The number of aromatic nitrogens is 2. The van der Waals surface area contributed by atoms with Crippen molar-refractivity contribution in [2.45, 2.75) is 6.92 Å². The molecule has 0 bridgehead atoms. The third-order valence-electron chi connectivity index (χ3n) is 3.00. The van der Waals surface area contributed by atoms with E-state index in [0.29, 0.717) is 26.7 Å². The zero-order chi connectivity index (χ0) is 15.0. The Kier molecular flexibility index (Phi) is 4.18. The normalized spacial score (nSPS) is 10.9. The Hall–Kier alpha value is -1.13. The van der Waals surface area contributed by atoms with Gasteiger partial charge in [0.25, 0.3) is 0 Å². The van der Waals surface area contributed by atoms with Gasteiger partial charge < -0.3 is 0 Å². The van der Waals surface area contributed by atoms with Crippen molar-refractivity contribution in [2.75, 3.05) is 0 Å². The van der Waals surface area contributed by atoms with E-state index in [0.717, 1.165) is 16.0 Å². The highest BCUT2D eigenvalue weighted by molar-refractivity contribution is 7.13. The minimum Gasteiger partial charge on any atom is -0.215 e. The van der Waals surface area contributed by atoms with Gasteiger partial charge in [0.2, 0.25) is 0 Å². The lowest BCUT2D eigenvalue weighted by Crippen LogP contribution is -1.94. The molecule has 2 nitrogen and oxygen atoms in total. The summed E-state index contributed by atoms with van der Waals surface area (Å²) in [5, 5.41) is 3.23. The van der Waals surface area contributed by atoms with Crippen LogP contribution in [0.2, 0.25) is 15.3 Å². The van der Waals surface area contributed by atoms with Crippen LogP contribution in [0.25, 0.3) is 21.8 Å². The smallest absolute Gasteiger partial charge is 0.172 e. The highest BCUT2D eigenvalue weighted by atomic mass is 35.5. The third kappa shape index (κ3) is 2.92. The van der Waals surface area contributed by atoms with E-state index in [4.69, 9.17) is 34.8 Å². The molecule has 21 heavy (non-hydrogen) atoms. The Morgan fingerprint density at radius 1 is 1.00 bits per heavy atom. The lowest BCUT2D eigenvalue weighted by Gasteiger charge is -2.08. The first kappa shape index (κ1) is 14.8. The fraction of sp³-hybridized carbons (Fsp3) is 0.0667. The molecule has 2 aromatic heterocycles. The standard InChI is InChI=1S/C15H9Cl3N2S/c1-8-5-6-21-12(8)15-19-13(17)11(14(18)20-15)9-3-2-4-10(16)7-9/h2-7H,1H3. The number of benzene rings is 1. The van der Waals surface area contributed by atoms with Gasteiger partial charge in [-0.2, -0.15) is 0 Å². The highest BCUT2D eigenvalue weighted by Crippen LogP contribution is 2.36. The van der Waals surface area contributed by atoms with Crippen LogP contribution in [-0.2, 0) is 0 Å². The predicted molar refractivity (Wildman–Crippen MR) is 90.5 cm³/mol. The molecule has 0 spiro atoms. The van der Waals surface area contributed by atoms with E-state index in [2.05, 4.69) is 9.97 Å². The van der Waals surface area contributed by atoms with E-state index in [1.165, 1.54) is 0 Å². The third-order valence-corrected chi connectivity index (χ3v) is 4.79. The molecular weight excluding hydrogens is 347 g/mol. The van der Waals surface area contributed by atoms with Gasteiger partial charge in [-0.15, -0.1) is 11.3 Å². The van der Waals surface area contributed by atoms with Gasteiger partial charge in [-0.05, 0) is 41.6 Å². The van der Waals surface area contributed by atoms with Crippen molar-refractivity contribution >= 4 is 46.1 Å². The van der Waals surface area contributed by atoms with Gasteiger partial charge in [-0.3, -0.25) is 0 Å². The molecule has 0 amide bonds. The van der Waals surface area contributed by atoms with E-state index in [1.54, 1.807) is 23.5 Å². The molecule has 0 aliphatic heterocycles. The molecule has 6 heteroatoms. The van der Waals surface area contributed by atoms with Crippen LogP contribution in [-0.4, -0.2) is 9.97 Å². The average Bonchev–Trinajstić information content (AvgIpc) is 2.84. The van der Waals surface area contributed by atoms with Crippen LogP contribution in [0.5, 0.6) is 0 Å². The summed E-state index contributed by atoms with van der Waals surface area (Å²) in [7, 11) is 0. The van der Waals surface area contributed by atoms with Crippen molar-refractivity contribution in [3.8, 4) is 21.8 Å². The van der Waals surface area contributed by atoms with Crippen LogP contribution in [0.4, 0.5) is 0 Å². The molecule has 0 saturated carbocycles. The second kappa shape index (κ2) is 5.93. The van der Waals surface area contributed by atoms with Crippen molar-refractivity contribution in [3.63, 3.8) is 0 Å². The number of hydrogen-bond donors (Lipinski definition) is 0. The summed E-state index contributed by atoms with van der Waals surface area (Å²) in [6.07, 6.45) is 0. The van der Waals surface area contributed by atoms with Crippen LogP contribution < -0.4 is 0 Å². The van der Waals surface area contributed by atoms with Crippen LogP contribution in [0.1, 0.15) is 5.56 Å². The Labute approximate surface area is 141 Å². The van der Waals surface area contributed by atoms with Crippen LogP contribution in [0.3, 0.4) is 0 Å². The summed E-state index contributed by atoms with van der Waals surface area (Å²) in [5.41, 5.74) is 2.49. The molecule has 0 aliphatic rings. The van der Waals surface area contributed by atoms with Gasteiger partial charge in [-0.25, -0.2) is 9.97 Å². The van der Waals surface area contributed by atoms with E-state index in [-0.39, 0.29) is 0 Å². The van der Waals surface area contributed by atoms with Crippen molar-refractivity contribution in [2.24, 2.45) is 0 Å². The van der Waals surface area contributed by atoms with Crippen LogP contribution >= 0.6 is 46.1 Å². The fourth-order valence-electron chi connectivity index (χ4n) is 1.99. The van der Waals surface area contributed by atoms with Gasteiger partial charge in [0.1, 0.15) is 10.3 Å². The molecule has 0 fully saturated rings. The molecule has 3 rings (SSSR count). The largest absolute Gasteiger partial charge is 0.215 e. The molecule has 2 heterocycles. The Morgan fingerprint density at radius 2 is 1.71 bits per heavy atom. The molecule has 0 atom stereocenters. The Morgan fingerprint density at radius 3 is 2.29 bits per heavy atom. The number of nitrogens with zero attached hydrogens (tertiary/aromatic N) is 2. The molecule has 0 radical (unpaired) electrons. The quantitative estimate of drug-likeness (QED) is 0.516. The number of halogens is 3. The predicted octanol–water partition coefficient (Wildman–Crippen LogP) is 6.14. The van der Waals surface area contributed by atoms with Crippen molar-refractivity contribution < 1.29 is 0 Å². The molecule has 0 saturated heterocycles. The first-order valence-corrected chi connectivity index (χ1v) is 8.11. The van der Waals surface area contributed by atoms with Gasteiger partial charge in [0, 0.05) is 5.02 Å². The lowest BCUT2D eigenvalue weighted by molar-refractivity contribution is 1.18. The summed E-state index contributed by atoms with van der Waals surface area (Å²) in [6, 6.07) is 9.29. The zero-order valence-electron chi connectivity index (χ0n) is 10.9. The van der Waals surface area contributed by atoms with Crippen molar-refractivity contribution in [1.82, 2.24) is 9.97 Å². The maximum Gasteiger partial charge on any atom is 0.172 e. The fourth-order valence-corrected chi connectivity index (χ4v) is 3.65. The Bertz CT molecular complexity index is 791. The van der Waals surface area contributed by atoms with E-state index >= 15 is 0 Å². The second-order valence-electron chi connectivity index (χ2n) is 4.45. The van der Waals surface area contributed by atoms with Gasteiger partial charge >= 0.3 is 0 Å². The topological polar surface area (TPSA) is 25.8 Å². The second-order valence-corrected chi connectivity index (χ2v) is 6.52. The van der Waals surface area contributed by atoms with Gasteiger partial charge in [0.15, 0.2) is 5.82 Å². The SMILES string of the molecule is Cc1ccsc1-c1nc(Cl)c(-c2cccc(Cl)c2)c(Cl)n1. The molecule has 1 aromatic carbocycles. The Balaban J connectivity index is 2.15. The van der Waals surface area contributed by atoms with Crippen molar-refractivity contribution in [1.29, 1.82) is 0 Å². The lowest BCUT2D eigenvalue weighted by atomic mass is 10.1. The summed E-state index contributed by atoms with van der Waals surface area (Å²) in [6.45, 7) is 2.00. The minimum absolute atomic E-state index is 0.320. The summed E-state index contributed by atoms with van der Waals surface area (Å²) >= 11 is 20.2. The van der Waals surface area contributed by atoms with Crippen LogP contribution in [0.15, 0.2) is 35.7 Å². The van der Waals surface area contributed by atoms with Crippen LogP contribution in [0, 0.1) is 6.92 Å². The highest BCUT2D eigenvalue weighted by Gasteiger charge is 2.16. The average molecular weight is 356 g/mol. The monoisotopic (exact) mass is 354 g/mol. The van der Waals surface area contributed by atoms with E-state index in [9.17, 15) is 0 Å².